The van der Waals surface area contributed by atoms with Crippen molar-refractivity contribution < 1.29 is 14.3 Å². The van der Waals surface area contributed by atoms with E-state index in [0.717, 1.165) is 16.7 Å². The van der Waals surface area contributed by atoms with Gasteiger partial charge < -0.3 is 10.1 Å². The fourth-order valence-corrected chi connectivity index (χ4v) is 3.12. The Kier molecular flexibility index (Phi) is 5.03. The van der Waals surface area contributed by atoms with Gasteiger partial charge in [0.2, 0.25) is 0 Å². The van der Waals surface area contributed by atoms with E-state index in [4.69, 9.17) is 4.74 Å². The van der Waals surface area contributed by atoms with Gasteiger partial charge in [0.25, 0.3) is 5.91 Å². The van der Waals surface area contributed by atoms with Gasteiger partial charge in [-0.05, 0) is 24.3 Å². The number of amides is 1. The number of anilines is 1. The lowest BCUT2D eigenvalue weighted by Crippen LogP contribution is -2.17. The molecule has 0 bridgehead atoms. The number of methoxy groups -OCH3 is 1. The third kappa shape index (κ3) is 3.84. The summed E-state index contributed by atoms with van der Waals surface area (Å²) < 4.78 is 5.21. The van der Waals surface area contributed by atoms with Crippen LogP contribution in [0, 0.1) is 0 Å². The van der Waals surface area contributed by atoms with E-state index in [-0.39, 0.29) is 11.7 Å². The Balaban J connectivity index is 1.62. The number of carbonyl (C=O) groups is 2. The number of rotatable bonds is 5. The zero-order valence-corrected chi connectivity index (χ0v) is 15.8. The second-order valence-corrected chi connectivity index (χ2v) is 6.48. The number of fused-ring (bicyclic) bond motifs is 1. The first-order valence-electron chi connectivity index (χ1n) is 9.09. The van der Waals surface area contributed by atoms with Crippen molar-refractivity contribution in [3.63, 3.8) is 0 Å². The SMILES string of the molecule is COc1ccc2cc(NC(=O)c3ccccc3C(=O)c3ccccc3)cnc2c1. The number of nitrogens with one attached hydrogen (secondary N) is 1. The monoisotopic (exact) mass is 382 g/mol. The summed E-state index contributed by atoms with van der Waals surface area (Å²) in [4.78, 5) is 30.1. The summed E-state index contributed by atoms with van der Waals surface area (Å²) in [6.45, 7) is 0. The first kappa shape index (κ1) is 18.4. The van der Waals surface area contributed by atoms with Crippen LogP contribution in [0.4, 0.5) is 5.69 Å². The average Bonchev–Trinajstić information content (AvgIpc) is 2.78. The molecular formula is C24H18N2O3. The second kappa shape index (κ2) is 7.94. The number of ketones is 1. The highest BCUT2D eigenvalue weighted by Crippen LogP contribution is 2.22. The molecule has 3 aromatic carbocycles. The van der Waals surface area contributed by atoms with Crippen LogP contribution in [0.3, 0.4) is 0 Å². The summed E-state index contributed by atoms with van der Waals surface area (Å²) in [6, 6.07) is 23.1. The van der Waals surface area contributed by atoms with Crippen molar-refractivity contribution in [3.05, 3.63) is 102 Å². The first-order valence-corrected chi connectivity index (χ1v) is 9.09. The van der Waals surface area contributed by atoms with Gasteiger partial charge in [-0.1, -0.05) is 48.5 Å². The molecule has 1 aromatic heterocycles. The zero-order valence-electron chi connectivity index (χ0n) is 15.8. The number of hydrogen-bond acceptors (Lipinski definition) is 4. The Labute approximate surface area is 168 Å². The van der Waals surface area contributed by atoms with Crippen LogP contribution in [0.5, 0.6) is 5.75 Å². The highest BCUT2D eigenvalue weighted by atomic mass is 16.5. The molecule has 5 nitrogen and oxygen atoms in total. The Bertz CT molecular complexity index is 1200. The van der Waals surface area contributed by atoms with E-state index in [1.165, 1.54) is 0 Å². The Morgan fingerprint density at radius 1 is 0.862 bits per heavy atom. The van der Waals surface area contributed by atoms with Gasteiger partial charge in [-0.25, -0.2) is 0 Å². The van der Waals surface area contributed by atoms with Crippen molar-refractivity contribution in [2.75, 3.05) is 12.4 Å². The maximum Gasteiger partial charge on any atom is 0.256 e. The smallest absolute Gasteiger partial charge is 0.256 e. The zero-order chi connectivity index (χ0) is 20.2. The van der Waals surface area contributed by atoms with Crippen molar-refractivity contribution in [1.82, 2.24) is 4.98 Å². The van der Waals surface area contributed by atoms with Gasteiger partial charge in [-0.3, -0.25) is 14.6 Å². The number of pyridine rings is 1. The van der Waals surface area contributed by atoms with Crippen LogP contribution in [0.2, 0.25) is 0 Å². The lowest BCUT2D eigenvalue weighted by atomic mass is 9.98. The number of carbonyl (C=O) groups excluding carboxylic acids is 2. The number of ether oxygens (including phenoxy) is 1. The molecule has 4 rings (SSSR count). The van der Waals surface area contributed by atoms with Gasteiger partial charge in [-0.15, -0.1) is 0 Å². The Morgan fingerprint density at radius 3 is 2.34 bits per heavy atom. The summed E-state index contributed by atoms with van der Waals surface area (Å²) in [5.74, 6) is 0.162. The maximum absolute atomic E-state index is 12.9. The summed E-state index contributed by atoms with van der Waals surface area (Å²) in [7, 11) is 1.60. The van der Waals surface area contributed by atoms with E-state index in [2.05, 4.69) is 10.3 Å². The van der Waals surface area contributed by atoms with E-state index in [1.807, 2.05) is 30.3 Å². The van der Waals surface area contributed by atoms with Gasteiger partial charge >= 0.3 is 0 Å². The summed E-state index contributed by atoms with van der Waals surface area (Å²) in [5, 5.41) is 3.71. The minimum atomic E-state index is -0.362. The third-order valence-electron chi connectivity index (χ3n) is 4.60. The van der Waals surface area contributed by atoms with Gasteiger partial charge in [0, 0.05) is 22.6 Å². The van der Waals surface area contributed by atoms with Crippen LogP contribution >= 0.6 is 0 Å². The lowest BCUT2D eigenvalue weighted by Gasteiger charge is -2.10. The standard InChI is InChI=1S/C24H18N2O3/c1-29-19-12-11-17-13-18(15-25-22(17)14-19)26-24(28)21-10-6-5-9-20(21)23(27)16-7-3-2-4-8-16/h2-15H,1H3,(H,26,28). The molecule has 142 valence electrons. The summed E-state index contributed by atoms with van der Waals surface area (Å²) >= 11 is 0. The largest absolute Gasteiger partial charge is 0.497 e. The lowest BCUT2D eigenvalue weighted by molar-refractivity contribution is 0.0996. The summed E-state index contributed by atoms with van der Waals surface area (Å²) in [5.41, 5.74) is 2.52. The molecular weight excluding hydrogens is 364 g/mol. The van der Waals surface area contributed by atoms with Crippen LogP contribution in [0.1, 0.15) is 26.3 Å². The molecule has 5 heteroatoms. The predicted molar refractivity (Wildman–Crippen MR) is 113 cm³/mol. The topological polar surface area (TPSA) is 68.3 Å². The Morgan fingerprint density at radius 2 is 1.59 bits per heavy atom. The number of hydrogen-bond donors (Lipinski definition) is 1. The molecule has 4 aromatic rings. The van der Waals surface area contributed by atoms with Crippen molar-refractivity contribution in [2.24, 2.45) is 0 Å². The molecule has 0 aliphatic carbocycles. The molecule has 0 saturated heterocycles. The molecule has 1 N–H and O–H groups in total. The molecule has 1 heterocycles. The first-order chi connectivity index (χ1) is 14.2. The van der Waals surface area contributed by atoms with E-state index in [0.29, 0.717) is 22.4 Å². The highest BCUT2D eigenvalue weighted by molar-refractivity contribution is 6.17. The van der Waals surface area contributed by atoms with Crippen molar-refractivity contribution >= 4 is 28.3 Å². The van der Waals surface area contributed by atoms with Gasteiger partial charge in [0.1, 0.15) is 5.75 Å². The van der Waals surface area contributed by atoms with Gasteiger partial charge in [0.15, 0.2) is 5.78 Å². The molecule has 0 aliphatic rings. The molecule has 0 fully saturated rings. The maximum atomic E-state index is 12.9. The van der Waals surface area contributed by atoms with Crippen LogP contribution in [0.25, 0.3) is 10.9 Å². The molecule has 0 aliphatic heterocycles. The van der Waals surface area contributed by atoms with E-state index < -0.39 is 0 Å². The normalized spacial score (nSPS) is 10.5. The van der Waals surface area contributed by atoms with E-state index in [1.54, 1.807) is 61.8 Å². The van der Waals surface area contributed by atoms with Crippen molar-refractivity contribution in [2.45, 2.75) is 0 Å². The quantitative estimate of drug-likeness (QED) is 0.507. The van der Waals surface area contributed by atoms with Crippen LogP contribution < -0.4 is 10.1 Å². The van der Waals surface area contributed by atoms with Crippen LogP contribution in [-0.4, -0.2) is 23.8 Å². The van der Waals surface area contributed by atoms with Crippen molar-refractivity contribution in [1.29, 1.82) is 0 Å². The van der Waals surface area contributed by atoms with E-state index >= 15 is 0 Å². The molecule has 0 unspecified atom stereocenters. The fourth-order valence-electron chi connectivity index (χ4n) is 3.12. The second-order valence-electron chi connectivity index (χ2n) is 6.48. The molecule has 1 amide bonds. The molecule has 0 radical (unpaired) electrons. The molecule has 0 atom stereocenters. The number of aromatic nitrogens is 1. The molecule has 29 heavy (non-hydrogen) atoms. The average molecular weight is 382 g/mol. The minimum Gasteiger partial charge on any atom is -0.497 e. The fraction of sp³-hybridized carbons (Fsp3) is 0.0417. The Hall–Kier alpha value is -3.99. The van der Waals surface area contributed by atoms with Crippen molar-refractivity contribution in [3.8, 4) is 5.75 Å². The molecule has 0 saturated carbocycles. The molecule has 0 spiro atoms. The number of nitrogens with zero attached hydrogens (tertiary/aromatic N) is 1. The van der Waals surface area contributed by atoms with Crippen LogP contribution in [-0.2, 0) is 0 Å². The highest BCUT2D eigenvalue weighted by Gasteiger charge is 2.18. The van der Waals surface area contributed by atoms with E-state index in [9.17, 15) is 9.59 Å². The minimum absolute atomic E-state index is 0.194. The third-order valence-corrected chi connectivity index (χ3v) is 4.60. The number of benzene rings is 3. The van der Waals surface area contributed by atoms with Crippen LogP contribution in [0.15, 0.2) is 85.1 Å². The van der Waals surface area contributed by atoms with Gasteiger partial charge in [-0.2, -0.15) is 0 Å². The summed E-state index contributed by atoms with van der Waals surface area (Å²) in [6.07, 6.45) is 1.58. The predicted octanol–water partition coefficient (Wildman–Crippen LogP) is 4.73. The van der Waals surface area contributed by atoms with Gasteiger partial charge in [0.05, 0.1) is 30.1 Å².